The van der Waals surface area contributed by atoms with Crippen molar-refractivity contribution in [3.8, 4) is 17.6 Å². The Morgan fingerprint density at radius 1 is 1.18 bits per heavy atom. The molecule has 0 bridgehead atoms. The van der Waals surface area contributed by atoms with Gasteiger partial charge in [0.1, 0.15) is 5.75 Å². The molecule has 0 spiro atoms. The van der Waals surface area contributed by atoms with Gasteiger partial charge >= 0.3 is 0 Å². The highest BCUT2D eigenvalue weighted by Crippen LogP contribution is 2.33. The molecule has 2 N–H and O–H groups in total. The predicted molar refractivity (Wildman–Crippen MR) is 127 cm³/mol. The third-order valence-electron chi connectivity index (χ3n) is 6.48. The van der Waals surface area contributed by atoms with Gasteiger partial charge in [0, 0.05) is 30.3 Å². The molecule has 7 nitrogen and oxygen atoms in total. The molecule has 1 saturated heterocycles. The lowest BCUT2D eigenvalue weighted by Gasteiger charge is -2.37. The lowest BCUT2D eigenvalue weighted by Crippen LogP contribution is -2.42. The van der Waals surface area contributed by atoms with Crippen molar-refractivity contribution in [2.24, 2.45) is 11.8 Å². The number of pyridine rings is 1. The van der Waals surface area contributed by atoms with E-state index >= 15 is 0 Å². The first-order chi connectivity index (χ1) is 16.2. The molecule has 3 atom stereocenters. The van der Waals surface area contributed by atoms with E-state index in [0.29, 0.717) is 18.9 Å². The van der Waals surface area contributed by atoms with Crippen LogP contribution in [0.15, 0.2) is 48.9 Å². The third kappa shape index (κ3) is 5.85. The van der Waals surface area contributed by atoms with Crippen molar-refractivity contribution in [1.82, 2.24) is 20.1 Å². The molecule has 0 amide bonds. The van der Waals surface area contributed by atoms with Crippen molar-refractivity contribution in [3.05, 3.63) is 60.0 Å². The summed E-state index contributed by atoms with van der Waals surface area (Å²) in [7, 11) is 1.64. The number of ether oxygens (including phenoxy) is 1. The Labute approximate surface area is 194 Å². The van der Waals surface area contributed by atoms with E-state index < -0.39 is 6.10 Å². The number of aliphatic hydroxyl groups excluding tert-OH is 2. The van der Waals surface area contributed by atoms with Crippen LogP contribution >= 0.6 is 0 Å². The summed E-state index contributed by atoms with van der Waals surface area (Å²) in [5.41, 5.74) is 2.57. The number of aliphatic hydroxyl groups is 2. The average Bonchev–Trinajstić information content (AvgIpc) is 2.87. The molecule has 4 rings (SSSR count). The van der Waals surface area contributed by atoms with Crippen molar-refractivity contribution in [3.63, 3.8) is 0 Å². The first-order valence-electron chi connectivity index (χ1n) is 11.4. The number of piperidine rings is 1. The third-order valence-corrected chi connectivity index (χ3v) is 6.48. The van der Waals surface area contributed by atoms with E-state index in [1.54, 1.807) is 25.7 Å². The van der Waals surface area contributed by atoms with E-state index in [2.05, 4.69) is 31.9 Å². The lowest BCUT2D eigenvalue weighted by molar-refractivity contribution is 0.0640. The van der Waals surface area contributed by atoms with Crippen molar-refractivity contribution < 1.29 is 14.9 Å². The van der Waals surface area contributed by atoms with Crippen molar-refractivity contribution >= 4 is 10.9 Å². The molecule has 0 unspecified atom stereocenters. The molecule has 2 aromatic heterocycles. The molecule has 3 heterocycles. The molecule has 1 aromatic carbocycles. The smallest absolute Gasteiger partial charge is 0.119 e. The molecule has 1 fully saturated rings. The predicted octanol–water partition coefficient (Wildman–Crippen LogP) is 2.83. The number of aromatic nitrogens is 3. The van der Waals surface area contributed by atoms with Crippen LogP contribution in [0.5, 0.6) is 5.75 Å². The van der Waals surface area contributed by atoms with Gasteiger partial charge in [-0.1, -0.05) is 11.8 Å². The molecular weight excluding hydrogens is 416 g/mol. The van der Waals surface area contributed by atoms with Crippen LogP contribution in [0.1, 0.15) is 36.5 Å². The number of nitrogens with zero attached hydrogens (tertiary/aromatic N) is 4. The monoisotopic (exact) mass is 446 g/mol. The van der Waals surface area contributed by atoms with Gasteiger partial charge in [-0.25, -0.2) is 0 Å². The Morgan fingerprint density at radius 3 is 2.88 bits per heavy atom. The van der Waals surface area contributed by atoms with E-state index in [9.17, 15) is 10.2 Å². The van der Waals surface area contributed by atoms with E-state index in [-0.39, 0.29) is 12.5 Å². The summed E-state index contributed by atoms with van der Waals surface area (Å²) in [6.07, 6.45) is 6.95. The van der Waals surface area contributed by atoms with Crippen molar-refractivity contribution in [2.75, 3.05) is 33.4 Å². The van der Waals surface area contributed by atoms with Gasteiger partial charge in [-0.3, -0.25) is 9.88 Å². The van der Waals surface area contributed by atoms with Crippen LogP contribution in [0.2, 0.25) is 0 Å². The summed E-state index contributed by atoms with van der Waals surface area (Å²) in [5, 5.41) is 29.5. The molecule has 3 aromatic rings. The van der Waals surface area contributed by atoms with Crippen LogP contribution < -0.4 is 4.74 Å². The van der Waals surface area contributed by atoms with Crippen molar-refractivity contribution in [1.29, 1.82) is 0 Å². The second-order valence-corrected chi connectivity index (χ2v) is 8.54. The van der Waals surface area contributed by atoms with E-state index in [4.69, 9.17) is 4.74 Å². The van der Waals surface area contributed by atoms with Gasteiger partial charge in [-0.15, -0.1) is 0 Å². The molecule has 7 heteroatoms. The summed E-state index contributed by atoms with van der Waals surface area (Å²) < 4.78 is 5.35. The molecule has 1 aliphatic rings. The van der Waals surface area contributed by atoms with Gasteiger partial charge in [0.15, 0.2) is 0 Å². The zero-order chi connectivity index (χ0) is 23.0. The number of fused-ring (bicyclic) bond motifs is 1. The average molecular weight is 447 g/mol. The summed E-state index contributed by atoms with van der Waals surface area (Å²) in [5.74, 6) is 7.62. The first-order valence-corrected chi connectivity index (χ1v) is 11.4. The minimum Gasteiger partial charge on any atom is -0.497 e. The molecular formula is C26H30N4O3. The normalized spacial score (nSPS) is 19.6. The lowest BCUT2D eigenvalue weighted by atomic mass is 9.81. The molecule has 0 aliphatic carbocycles. The minimum atomic E-state index is -0.584. The number of hydrogen-bond acceptors (Lipinski definition) is 7. The van der Waals surface area contributed by atoms with E-state index in [0.717, 1.165) is 53.7 Å². The van der Waals surface area contributed by atoms with Crippen molar-refractivity contribution in [2.45, 2.75) is 25.4 Å². The standard InChI is InChI=1S/C26H30N4O3/c1-33-22-5-6-25-24(15-22)23(9-11-27-25)26(32)7-4-20-10-14-30(17-21(20)18-31)13-2-3-19-8-12-28-29-16-19/h5-6,8-9,11-12,15-16,20-21,26,31-32H,4,7,10,13-14,17-18H2,1H3/t20-,21-,26-/m1/s1. The van der Waals surface area contributed by atoms with Crippen LogP contribution in [-0.4, -0.2) is 63.6 Å². The maximum absolute atomic E-state index is 11.0. The van der Waals surface area contributed by atoms with Crippen LogP contribution in [-0.2, 0) is 0 Å². The minimum absolute atomic E-state index is 0.147. The molecule has 0 saturated carbocycles. The Hall–Kier alpha value is -3.05. The highest BCUT2D eigenvalue weighted by molar-refractivity contribution is 5.83. The Balaban J connectivity index is 1.34. The maximum Gasteiger partial charge on any atom is 0.119 e. The Morgan fingerprint density at radius 2 is 2.09 bits per heavy atom. The Kier molecular flexibility index (Phi) is 7.84. The second-order valence-electron chi connectivity index (χ2n) is 8.54. The number of methoxy groups -OCH3 is 1. The van der Waals surface area contributed by atoms with Gasteiger partial charge in [0.25, 0.3) is 0 Å². The van der Waals surface area contributed by atoms with Gasteiger partial charge in [0.2, 0.25) is 0 Å². The Bertz CT molecular complexity index is 1110. The summed E-state index contributed by atoms with van der Waals surface area (Å²) >= 11 is 0. The van der Waals surface area contributed by atoms with Crippen LogP contribution in [0, 0.1) is 23.7 Å². The fourth-order valence-electron chi connectivity index (χ4n) is 4.60. The van der Waals surface area contributed by atoms with Gasteiger partial charge in [-0.05, 0) is 73.5 Å². The summed E-state index contributed by atoms with van der Waals surface area (Å²) in [6, 6.07) is 9.45. The van der Waals surface area contributed by atoms with Crippen LogP contribution in [0.3, 0.4) is 0 Å². The number of benzene rings is 1. The fourth-order valence-corrected chi connectivity index (χ4v) is 4.60. The molecule has 1 aliphatic heterocycles. The maximum atomic E-state index is 11.0. The molecule has 0 radical (unpaired) electrons. The molecule has 33 heavy (non-hydrogen) atoms. The zero-order valence-corrected chi connectivity index (χ0v) is 18.9. The zero-order valence-electron chi connectivity index (χ0n) is 18.9. The second kappa shape index (κ2) is 11.2. The number of hydrogen-bond donors (Lipinski definition) is 2. The summed E-state index contributed by atoms with van der Waals surface area (Å²) in [6.45, 7) is 2.57. The van der Waals surface area contributed by atoms with Crippen LogP contribution in [0.25, 0.3) is 10.9 Å². The summed E-state index contributed by atoms with van der Waals surface area (Å²) in [4.78, 5) is 6.69. The van der Waals surface area contributed by atoms with Gasteiger partial charge in [0.05, 0.1) is 37.7 Å². The highest BCUT2D eigenvalue weighted by atomic mass is 16.5. The van der Waals surface area contributed by atoms with E-state index in [1.807, 2.05) is 30.3 Å². The quantitative estimate of drug-likeness (QED) is 0.539. The SMILES string of the molecule is COc1ccc2nccc([C@H](O)CC[C@@H]3CCN(CC#Cc4ccnnc4)C[C@@H]3CO)c2c1. The topological polar surface area (TPSA) is 91.6 Å². The van der Waals surface area contributed by atoms with Gasteiger partial charge in [-0.2, -0.15) is 10.2 Å². The highest BCUT2D eigenvalue weighted by Gasteiger charge is 2.29. The van der Waals surface area contributed by atoms with E-state index in [1.165, 1.54) is 0 Å². The molecule has 172 valence electrons. The van der Waals surface area contributed by atoms with Crippen LogP contribution in [0.4, 0.5) is 0 Å². The first kappa shape index (κ1) is 23.1. The number of rotatable bonds is 7. The largest absolute Gasteiger partial charge is 0.497 e. The number of likely N-dealkylation sites (tertiary alicyclic amines) is 1. The fraction of sp³-hybridized carbons (Fsp3) is 0.423. The van der Waals surface area contributed by atoms with Gasteiger partial charge < -0.3 is 14.9 Å².